The third-order valence-corrected chi connectivity index (χ3v) is 8.55. The number of carbonyl (C=O) groups is 2. The van der Waals surface area contributed by atoms with E-state index >= 15 is 0 Å². The molecule has 5 rings (SSSR count). The number of nitrogens with zero attached hydrogens (tertiary/aromatic N) is 5. The van der Waals surface area contributed by atoms with E-state index in [1.165, 1.54) is 21.7 Å². The minimum absolute atomic E-state index is 0.0191. The molecule has 0 unspecified atom stereocenters. The van der Waals surface area contributed by atoms with Crippen LogP contribution in [0.3, 0.4) is 0 Å². The molecule has 4 aliphatic heterocycles. The van der Waals surface area contributed by atoms with Gasteiger partial charge in [-0.1, -0.05) is 12.1 Å². The van der Waals surface area contributed by atoms with Gasteiger partial charge >= 0.3 is 0 Å². The molecule has 4 heterocycles. The number of carbonyl (C=O) groups excluding carboxylic acids is 2. The van der Waals surface area contributed by atoms with E-state index in [0.29, 0.717) is 70.6 Å². The topological polar surface area (TPSA) is 103 Å². The number of morpholine rings is 1. The summed E-state index contributed by atoms with van der Waals surface area (Å²) in [5, 5.41) is 0. The molecule has 0 N–H and O–H groups in total. The van der Waals surface area contributed by atoms with Crippen LogP contribution in [0.15, 0.2) is 35.1 Å². The number of fused-ring (bicyclic) bond motifs is 1. The standard InChI is InChI=1S/C25H33N5O5S/c1-36(33,34)29-9-7-27(8-10-29)18-19-3-2-4-23-22(19)5-6-30(23)25(32)16-20-15-21(31)17-24(26-20)28-11-13-35-14-12-28/h2-4,17H,5-16,18H2,1H3. The van der Waals surface area contributed by atoms with E-state index < -0.39 is 10.0 Å². The summed E-state index contributed by atoms with van der Waals surface area (Å²) in [4.78, 5) is 36.5. The van der Waals surface area contributed by atoms with Crippen LogP contribution in [-0.4, -0.2) is 105 Å². The van der Waals surface area contributed by atoms with Gasteiger partial charge in [-0.15, -0.1) is 0 Å². The van der Waals surface area contributed by atoms with Gasteiger partial charge in [-0.25, -0.2) is 13.4 Å². The smallest absolute Gasteiger partial charge is 0.232 e. The number of sulfonamides is 1. The molecule has 10 nitrogen and oxygen atoms in total. The SMILES string of the molecule is CS(=O)(=O)N1CCN(Cc2cccc3c2CCN3C(=O)CC2=NC(N3CCOCC3)=CC(=O)C2)CC1. The number of aliphatic imine (C=N–C) groups is 1. The first-order valence-corrected chi connectivity index (χ1v) is 14.3. The average molecular weight is 516 g/mol. The average Bonchev–Trinajstić information content (AvgIpc) is 3.29. The van der Waals surface area contributed by atoms with Crippen LogP contribution in [0.4, 0.5) is 5.69 Å². The fourth-order valence-corrected chi connectivity index (χ4v) is 6.16. The molecule has 1 aromatic carbocycles. The molecule has 0 radical (unpaired) electrons. The highest BCUT2D eigenvalue weighted by Gasteiger charge is 2.30. The number of hydrogen-bond donors (Lipinski definition) is 0. The summed E-state index contributed by atoms with van der Waals surface area (Å²) >= 11 is 0. The number of anilines is 1. The fourth-order valence-electron chi connectivity index (χ4n) is 5.33. The second-order valence-corrected chi connectivity index (χ2v) is 11.7. The Morgan fingerprint density at radius 3 is 2.53 bits per heavy atom. The van der Waals surface area contributed by atoms with E-state index in [9.17, 15) is 18.0 Å². The highest BCUT2D eigenvalue weighted by Crippen LogP contribution is 2.32. The van der Waals surface area contributed by atoms with Crippen molar-refractivity contribution in [1.29, 1.82) is 0 Å². The molecule has 11 heteroatoms. The molecule has 1 amide bonds. The monoisotopic (exact) mass is 515 g/mol. The van der Waals surface area contributed by atoms with Crippen LogP contribution < -0.4 is 4.90 Å². The Kier molecular flexibility index (Phi) is 7.25. The lowest BCUT2D eigenvalue weighted by atomic mass is 10.0. The summed E-state index contributed by atoms with van der Waals surface area (Å²) < 4.78 is 30.5. The van der Waals surface area contributed by atoms with Crippen LogP contribution >= 0.6 is 0 Å². The van der Waals surface area contributed by atoms with Gasteiger partial charge in [-0.2, -0.15) is 4.31 Å². The number of allylic oxidation sites excluding steroid dienone is 1. The Labute approximate surface area is 212 Å². The molecule has 0 atom stereocenters. The van der Waals surface area contributed by atoms with Gasteiger partial charge in [0.05, 0.1) is 25.9 Å². The molecule has 1 aromatic rings. The molecular formula is C25H33N5O5S. The maximum Gasteiger partial charge on any atom is 0.232 e. The van der Waals surface area contributed by atoms with Crippen molar-refractivity contribution < 1.29 is 22.7 Å². The van der Waals surface area contributed by atoms with Gasteiger partial charge in [-0.05, 0) is 23.6 Å². The molecule has 2 fully saturated rings. The van der Waals surface area contributed by atoms with Crippen molar-refractivity contribution in [3.05, 3.63) is 41.2 Å². The first kappa shape index (κ1) is 25.1. The quantitative estimate of drug-likeness (QED) is 0.548. The second kappa shape index (κ2) is 10.4. The van der Waals surface area contributed by atoms with Crippen molar-refractivity contribution in [2.24, 2.45) is 4.99 Å². The van der Waals surface area contributed by atoms with Crippen LogP contribution in [0.5, 0.6) is 0 Å². The largest absolute Gasteiger partial charge is 0.378 e. The van der Waals surface area contributed by atoms with Crippen molar-refractivity contribution in [3.8, 4) is 0 Å². The van der Waals surface area contributed by atoms with Crippen molar-refractivity contribution in [1.82, 2.24) is 14.1 Å². The zero-order valence-corrected chi connectivity index (χ0v) is 21.5. The Hall–Kier alpha value is -2.60. The first-order valence-electron chi connectivity index (χ1n) is 12.5. The number of ether oxygens (including phenoxy) is 1. The number of amides is 1. The van der Waals surface area contributed by atoms with Crippen LogP contribution in [0, 0.1) is 0 Å². The molecule has 4 aliphatic rings. The van der Waals surface area contributed by atoms with Crippen molar-refractivity contribution >= 4 is 33.1 Å². The summed E-state index contributed by atoms with van der Waals surface area (Å²) in [6.45, 7) is 6.31. The lowest BCUT2D eigenvalue weighted by Crippen LogP contribution is -2.47. The lowest BCUT2D eigenvalue weighted by Gasteiger charge is -2.33. The Balaban J connectivity index is 1.24. The minimum atomic E-state index is -3.15. The molecule has 0 aromatic heterocycles. The summed E-state index contributed by atoms with van der Waals surface area (Å²) in [5.41, 5.74) is 3.89. The number of piperazine rings is 1. The Morgan fingerprint density at radius 1 is 1.06 bits per heavy atom. The highest BCUT2D eigenvalue weighted by atomic mass is 32.2. The molecule has 0 aliphatic carbocycles. The second-order valence-electron chi connectivity index (χ2n) is 9.75. The van der Waals surface area contributed by atoms with Crippen molar-refractivity contribution in [2.45, 2.75) is 25.8 Å². The van der Waals surface area contributed by atoms with E-state index in [1.54, 1.807) is 6.08 Å². The molecule has 194 valence electrons. The van der Waals surface area contributed by atoms with Crippen LogP contribution in [-0.2, 0) is 37.3 Å². The highest BCUT2D eigenvalue weighted by molar-refractivity contribution is 7.88. The zero-order valence-electron chi connectivity index (χ0n) is 20.7. The Morgan fingerprint density at radius 2 is 1.81 bits per heavy atom. The third kappa shape index (κ3) is 5.54. The molecule has 0 saturated carbocycles. The molecule has 2 saturated heterocycles. The maximum absolute atomic E-state index is 13.3. The Bertz CT molecular complexity index is 1200. The third-order valence-electron chi connectivity index (χ3n) is 7.25. The lowest BCUT2D eigenvalue weighted by molar-refractivity contribution is -0.117. The molecular weight excluding hydrogens is 482 g/mol. The van der Waals surface area contributed by atoms with Crippen LogP contribution in [0.2, 0.25) is 0 Å². The van der Waals surface area contributed by atoms with Crippen molar-refractivity contribution in [3.63, 3.8) is 0 Å². The maximum atomic E-state index is 13.3. The van der Waals surface area contributed by atoms with Crippen molar-refractivity contribution in [2.75, 3.05) is 70.2 Å². The van der Waals surface area contributed by atoms with Gasteiger partial charge in [0.15, 0.2) is 5.78 Å². The predicted octanol–water partition coefficient (Wildman–Crippen LogP) is 0.630. The first-order chi connectivity index (χ1) is 17.3. The molecule has 36 heavy (non-hydrogen) atoms. The summed E-state index contributed by atoms with van der Waals surface area (Å²) in [6, 6.07) is 6.06. The molecule has 0 bridgehead atoms. The minimum Gasteiger partial charge on any atom is -0.378 e. The van der Waals surface area contributed by atoms with E-state index in [2.05, 4.69) is 16.0 Å². The van der Waals surface area contributed by atoms with Crippen LogP contribution in [0.25, 0.3) is 0 Å². The molecule has 0 spiro atoms. The number of ketones is 1. The van der Waals surface area contributed by atoms with Gasteiger partial charge in [0.25, 0.3) is 0 Å². The van der Waals surface area contributed by atoms with E-state index in [0.717, 1.165) is 18.7 Å². The fraction of sp³-hybridized carbons (Fsp3) is 0.560. The summed E-state index contributed by atoms with van der Waals surface area (Å²) in [7, 11) is -3.15. The van der Waals surface area contributed by atoms with Gasteiger partial charge in [0.2, 0.25) is 15.9 Å². The van der Waals surface area contributed by atoms with Crippen LogP contribution in [0.1, 0.15) is 24.0 Å². The summed E-state index contributed by atoms with van der Waals surface area (Å²) in [6.07, 6.45) is 3.93. The predicted molar refractivity (Wildman–Crippen MR) is 136 cm³/mol. The van der Waals surface area contributed by atoms with Gasteiger partial charge in [-0.3, -0.25) is 14.5 Å². The summed E-state index contributed by atoms with van der Waals surface area (Å²) in [5.74, 6) is 0.578. The van der Waals surface area contributed by atoms with E-state index in [-0.39, 0.29) is 24.5 Å². The number of benzene rings is 1. The van der Waals surface area contributed by atoms with E-state index in [1.807, 2.05) is 21.9 Å². The number of rotatable bonds is 6. The van der Waals surface area contributed by atoms with Gasteiger partial charge in [0.1, 0.15) is 5.82 Å². The zero-order chi connectivity index (χ0) is 25.3. The van der Waals surface area contributed by atoms with E-state index in [4.69, 9.17) is 4.74 Å². The normalized spacial score (nSPS) is 21.9. The van der Waals surface area contributed by atoms with Gasteiger partial charge < -0.3 is 14.5 Å². The van der Waals surface area contributed by atoms with Gasteiger partial charge in [0, 0.05) is 76.3 Å². The number of hydrogen-bond acceptors (Lipinski definition) is 8.